The SMILES string of the molecule is CC1CC(NC(=O)c2ccc3c(c2)CNC3)CCN1C. The number of likely N-dealkylation sites (tertiary alicyclic amines) is 1. The molecule has 2 atom stereocenters. The van der Waals surface area contributed by atoms with Crippen LogP contribution in [0.25, 0.3) is 0 Å². The van der Waals surface area contributed by atoms with Crippen molar-refractivity contribution >= 4 is 5.91 Å². The predicted octanol–water partition coefficient (Wildman–Crippen LogP) is 1.50. The quantitative estimate of drug-likeness (QED) is 0.858. The fourth-order valence-corrected chi connectivity index (χ4v) is 3.13. The number of nitrogens with one attached hydrogen (secondary N) is 2. The molecule has 0 saturated carbocycles. The van der Waals surface area contributed by atoms with Gasteiger partial charge < -0.3 is 15.5 Å². The summed E-state index contributed by atoms with van der Waals surface area (Å²) in [4.78, 5) is 14.7. The van der Waals surface area contributed by atoms with E-state index in [4.69, 9.17) is 0 Å². The Bertz CT molecular complexity index is 514. The molecule has 2 aliphatic heterocycles. The molecule has 3 rings (SSSR count). The van der Waals surface area contributed by atoms with Gasteiger partial charge in [0.05, 0.1) is 0 Å². The number of nitrogens with zero attached hydrogens (tertiary/aromatic N) is 1. The first-order valence-electron chi connectivity index (χ1n) is 7.47. The molecule has 1 aromatic rings. The van der Waals surface area contributed by atoms with Crippen molar-refractivity contribution in [2.24, 2.45) is 0 Å². The fraction of sp³-hybridized carbons (Fsp3) is 0.562. The summed E-state index contributed by atoms with van der Waals surface area (Å²) in [5, 5.41) is 6.50. The van der Waals surface area contributed by atoms with Gasteiger partial charge in [0.1, 0.15) is 0 Å². The van der Waals surface area contributed by atoms with Gasteiger partial charge in [-0.2, -0.15) is 0 Å². The molecule has 1 saturated heterocycles. The summed E-state index contributed by atoms with van der Waals surface area (Å²) in [6, 6.07) is 6.89. The van der Waals surface area contributed by atoms with Gasteiger partial charge in [-0.3, -0.25) is 4.79 Å². The summed E-state index contributed by atoms with van der Waals surface area (Å²) in [5.41, 5.74) is 3.36. The number of carbonyl (C=O) groups excluding carboxylic acids is 1. The fourth-order valence-electron chi connectivity index (χ4n) is 3.13. The third-order valence-corrected chi connectivity index (χ3v) is 4.64. The Labute approximate surface area is 120 Å². The lowest BCUT2D eigenvalue weighted by atomic mass is 9.98. The molecule has 1 aromatic carbocycles. The second-order valence-electron chi connectivity index (χ2n) is 6.11. The standard InChI is InChI=1S/C16H23N3O/c1-11-7-15(5-6-19(11)2)18-16(20)12-3-4-13-9-17-10-14(13)8-12/h3-4,8,11,15,17H,5-7,9-10H2,1-2H3,(H,18,20). The molecule has 1 amide bonds. The number of piperidine rings is 1. The highest BCUT2D eigenvalue weighted by Gasteiger charge is 2.24. The van der Waals surface area contributed by atoms with E-state index in [-0.39, 0.29) is 5.91 Å². The molecular weight excluding hydrogens is 250 g/mol. The Morgan fingerprint density at radius 3 is 2.95 bits per heavy atom. The Balaban J connectivity index is 1.65. The second-order valence-corrected chi connectivity index (χ2v) is 6.11. The van der Waals surface area contributed by atoms with E-state index in [1.165, 1.54) is 11.1 Å². The summed E-state index contributed by atoms with van der Waals surface area (Å²) in [7, 11) is 2.15. The molecule has 20 heavy (non-hydrogen) atoms. The monoisotopic (exact) mass is 273 g/mol. The molecule has 2 N–H and O–H groups in total. The summed E-state index contributed by atoms with van der Waals surface area (Å²) < 4.78 is 0. The second kappa shape index (κ2) is 5.54. The maximum absolute atomic E-state index is 12.4. The van der Waals surface area contributed by atoms with Gasteiger partial charge in [0.2, 0.25) is 0 Å². The smallest absolute Gasteiger partial charge is 0.251 e. The van der Waals surface area contributed by atoms with Crippen molar-refractivity contribution in [1.82, 2.24) is 15.5 Å². The van der Waals surface area contributed by atoms with E-state index in [0.29, 0.717) is 12.1 Å². The number of carbonyl (C=O) groups is 1. The van der Waals surface area contributed by atoms with Crippen LogP contribution in [0, 0.1) is 0 Å². The van der Waals surface area contributed by atoms with Crippen molar-refractivity contribution in [2.45, 2.75) is 44.9 Å². The Morgan fingerprint density at radius 2 is 2.15 bits per heavy atom. The largest absolute Gasteiger partial charge is 0.349 e. The molecule has 0 aromatic heterocycles. The van der Waals surface area contributed by atoms with Crippen LogP contribution in [-0.2, 0) is 13.1 Å². The molecule has 0 radical (unpaired) electrons. The summed E-state index contributed by atoms with van der Waals surface area (Å²) in [6.07, 6.45) is 2.08. The van der Waals surface area contributed by atoms with E-state index in [0.717, 1.165) is 38.0 Å². The number of amides is 1. The molecule has 108 valence electrons. The number of fused-ring (bicyclic) bond motifs is 1. The summed E-state index contributed by atoms with van der Waals surface area (Å²) >= 11 is 0. The van der Waals surface area contributed by atoms with Crippen molar-refractivity contribution in [3.05, 3.63) is 34.9 Å². The predicted molar refractivity (Wildman–Crippen MR) is 79.6 cm³/mol. The minimum atomic E-state index is 0.0708. The van der Waals surface area contributed by atoms with Crippen molar-refractivity contribution in [3.8, 4) is 0 Å². The average Bonchev–Trinajstić information content (AvgIpc) is 2.90. The molecule has 2 unspecified atom stereocenters. The highest BCUT2D eigenvalue weighted by atomic mass is 16.1. The highest BCUT2D eigenvalue weighted by Crippen LogP contribution is 2.19. The van der Waals surface area contributed by atoms with Gasteiger partial charge >= 0.3 is 0 Å². The molecule has 1 fully saturated rings. The van der Waals surface area contributed by atoms with Crippen molar-refractivity contribution in [1.29, 1.82) is 0 Å². The average molecular weight is 273 g/mol. The van der Waals surface area contributed by atoms with Crippen molar-refractivity contribution in [3.63, 3.8) is 0 Å². The van der Waals surface area contributed by atoms with Crippen LogP contribution in [0.2, 0.25) is 0 Å². The topological polar surface area (TPSA) is 44.4 Å². The minimum Gasteiger partial charge on any atom is -0.349 e. The molecule has 0 aliphatic carbocycles. The van der Waals surface area contributed by atoms with Crippen LogP contribution >= 0.6 is 0 Å². The zero-order valence-electron chi connectivity index (χ0n) is 12.3. The number of rotatable bonds is 2. The zero-order valence-corrected chi connectivity index (χ0v) is 12.3. The number of benzene rings is 1. The Morgan fingerprint density at radius 1 is 1.35 bits per heavy atom. The lowest BCUT2D eigenvalue weighted by Crippen LogP contribution is -2.47. The van der Waals surface area contributed by atoms with E-state index < -0.39 is 0 Å². The van der Waals surface area contributed by atoms with E-state index in [9.17, 15) is 4.79 Å². The Kier molecular flexibility index (Phi) is 3.76. The number of hydrogen-bond donors (Lipinski definition) is 2. The molecule has 0 spiro atoms. The first-order chi connectivity index (χ1) is 9.63. The maximum atomic E-state index is 12.4. The molecular formula is C16H23N3O. The maximum Gasteiger partial charge on any atom is 0.251 e. The van der Waals surface area contributed by atoms with Crippen molar-refractivity contribution < 1.29 is 4.79 Å². The van der Waals surface area contributed by atoms with Crippen LogP contribution in [0.5, 0.6) is 0 Å². The van der Waals surface area contributed by atoms with Gasteiger partial charge in [0.25, 0.3) is 5.91 Å². The molecule has 2 heterocycles. The van der Waals surface area contributed by atoms with Crippen LogP contribution < -0.4 is 10.6 Å². The number of hydrogen-bond acceptors (Lipinski definition) is 3. The molecule has 4 heteroatoms. The van der Waals surface area contributed by atoms with Crippen LogP contribution in [0.4, 0.5) is 0 Å². The lowest BCUT2D eigenvalue weighted by molar-refractivity contribution is 0.0896. The van der Waals surface area contributed by atoms with Gasteiger partial charge in [0.15, 0.2) is 0 Å². The minimum absolute atomic E-state index is 0.0708. The molecule has 2 aliphatic rings. The molecule has 4 nitrogen and oxygen atoms in total. The van der Waals surface area contributed by atoms with Gasteiger partial charge in [-0.05, 0) is 50.1 Å². The van der Waals surface area contributed by atoms with E-state index in [1.807, 2.05) is 12.1 Å². The van der Waals surface area contributed by atoms with Crippen LogP contribution in [0.15, 0.2) is 18.2 Å². The van der Waals surface area contributed by atoms with Crippen LogP contribution in [0.1, 0.15) is 41.3 Å². The lowest BCUT2D eigenvalue weighted by Gasteiger charge is -2.35. The first kappa shape index (κ1) is 13.6. The van der Waals surface area contributed by atoms with Gasteiger partial charge in [-0.1, -0.05) is 6.07 Å². The van der Waals surface area contributed by atoms with Crippen molar-refractivity contribution in [2.75, 3.05) is 13.6 Å². The first-order valence-corrected chi connectivity index (χ1v) is 7.47. The van der Waals surface area contributed by atoms with Crippen LogP contribution in [-0.4, -0.2) is 36.5 Å². The van der Waals surface area contributed by atoms with Gasteiger partial charge in [0, 0.05) is 37.3 Å². The third kappa shape index (κ3) is 2.72. The zero-order chi connectivity index (χ0) is 14.1. The van der Waals surface area contributed by atoms with E-state index in [1.54, 1.807) is 0 Å². The van der Waals surface area contributed by atoms with Gasteiger partial charge in [-0.15, -0.1) is 0 Å². The van der Waals surface area contributed by atoms with Gasteiger partial charge in [-0.25, -0.2) is 0 Å². The summed E-state index contributed by atoms with van der Waals surface area (Å²) in [5.74, 6) is 0.0708. The Hall–Kier alpha value is -1.39. The molecule has 0 bridgehead atoms. The normalized spacial score (nSPS) is 26.3. The van der Waals surface area contributed by atoms with E-state index >= 15 is 0 Å². The summed E-state index contributed by atoms with van der Waals surface area (Å²) in [6.45, 7) is 5.07. The van der Waals surface area contributed by atoms with Crippen LogP contribution in [0.3, 0.4) is 0 Å². The highest BCUT2D eigenvalue weighted by molar-refractivity contribution is 5.94. The van der Waals surface area contributed by atoms with E-state index in [2.05, 4.69) is 35.6 Å². The third-order valence-electron chi connectivity index (χ3n) is 4.64.